The van der Waals surface area contributed by atoms with Gasteiger partial charge >= 0.3 is 0 Å². The fourth-order valence-corrected chi connectivity index (χ4v) is 3.73. The lowest BCUT2D eigenvalue weighted by atomic mass is 10.2. The third-order valence-electron chi connectivity index (χ3n) is 2.19. The minimum absolute atomic E-state index is 0.124. The van der Waals surface area contributed by atoms with E-state index in [9.17, 15) is 0 Å². The highest BCUT2D eigenvalue weighted by Gasteiger charge is 2.12. The minimum Gasteiger partial charge on any atom is -0.0840 e. The van der Waals surface area contributed by atoms with Gasteiger partial charge < -0.3 is 0 Å². The molecule has 0 rings (SSSR count). The first-order valence-electron chi connectivity index (χ1n) is 5.53. The van der Waals surface area contributed by atoms with Gasteiger partial charge in [-0.05, 0) is 17.7 Å². The van der Waals surface area contributed by atoms with E-state index >= 15 is 0 Å². The Hall–Kier alpha value is 0.170. The van der Waals surface area contributed by atoms with Crippen LogP contribution in [-0.2, 0) is 0 Å². The van der Waals surface area contributed by atoms with Crippen LogP contribution in [0.2, 0.25) is 0 Å². The molecule has 0 aliphatic carbocycles. The monoisotopic (exact) mass is 200 g/mol. The quantitative estimate of drug-likeness (QED) is 0.418. The summed E-state index contributed by atoms with van der Waals surface area (Å²) in [4.78, 5) is 0. The van der Waals surface area contributed by atoms with Crippen molar-refractivity contribution in [3.8, 4) is 0 Å². The molecule has 78 valence electrons. The maximum absolute atomic E-state index is 2.49. The zero-order valence-corrected chi connectivity index (χ0v) is 10.8. The number of allylic oxidation sites excluding steroid dienone is 1. The maximum Gasteiger partial charge on any atom is -0.0229 e. The van der Waals surface area contributed by atoms with Crippen LogP contribution in [0.4, 0.5) is 0 Å². The highest BCUT2D eigenvalue weighted by atomic mass is 31.1. The summed E-state index contributed by atoms with van der Waals surface area (Å²) in [5.41, 5.74) is 1.68. The van der Waals surface area contributed by atoms with Crippen molar-refractivity contribution in [3.63, 3.8) is 0 Å². The largest absolute Gasteiger partial charge is 0.0840 e. The summed E-state index contributed by atoms with van der Waals surface area (Å²) in [7, 11) is 0.124. The fraction of sp³-hybridized carbons (Fsp3) is 0.833. The third kappa shape index (κ3) is 6.27. The van der Waals surface area contributed by atoms with Gasteiger partial charge in [0.1, 0.15) is 0 Å². The smallest absolute Gasteiger partial charge is 0.0229 e. The van der Waals surface area contributed by atoms with Crippen molar-refractivity contribution >= 4 is 7.92 Å². The lowest BCUT2D eigenvalue weighted by Gasteiger charge is -2.21. The molecule has 0 saturated heterocycles. The zero-order chi connectivity index (χ0) is 10.3. The SMILES string of the molecule is CCCC/C=C/P(C(C)C)C(C)C. The molecule has 0 N–H and O–H groups in total. The van der Waals surface area contributed by atoms with Crippen LogP contribution < -0.4 is 0 Å². The predicted octanol–water partition coefficient (Wildman–Crippen LogP) is 4.99. The second-order valence-corrected chi connectivity index (χ2v) is 7.42. The highest BCUT2D eigenvalue weighted by molar-refractivity contribution is 7.62. The molecular weight excluding hydrogens is 175 g/mol. The number of hydrogen-bond acceptors (Lipinski definition) is 0. The molecule has 0 radical (unpaired) electrons. The van der Waals surface area contributed by atoms with Crippen LogP contribution in [0.3, 0.4) is 0 Å². The molecule has 0 nitrogen and oxygen atoms in total. The van der Waals surface area contributed by atoms with Gasteiger partial charge in [0.15, 0.2) is 0 Å². The van der Waals surface area contributed by atoms with Gasteiger partial charge in [0.2, 0.25) is 0 Å². The van der Waals surface area contributed by atoms with Crippen LogP contribution >= 0.6 is 7.92 Å². The molecular formula is C12H25P. The molecule has 13 heavy (non-hydrogen) atoms. The van der Waals surface area contributed by atoms with Crippen LogP contribution in [0.15, 0.2) is 11.9 Å². The van der Waals surface area contributed by atoms with Gasteiger partial charge in [-0.15, -0.1) is 0 Å². The van der Waals surface area contributed by atoms with E-state index in [0.717, 1.165) is 11.3 Å². The van der Waals surface area contributed by atoms with Gasteiger partial charge in [0.05, 0.1) is 0 Å². The van der Waals surface area contributed by atoms with Gasteiger partial charge in [-0.25, -0.2) is 0 Å². The van der Waals surface area contributed by atoms with Crippen LogP contribution in [-0.4, -0.2) is 11.3 Å². The number of unbranched alkanes of at least 4 members (excludes halogenated alkanes) is 2. The Kier molecular flexibility index (Phi) is 7.66. The first-order valence-corrected chi connectivity index (χ1v) is 7.08. The topological polar surface area (TPSA) is 0 Å². The Morgan fingerprint density at radius 1 is 1.08 bits per heavy atom. The van der Waals surface area contributed by atoms with E-state index in [1.807, 2.05) is 0 Å². The van der Waals surface area contributed by atoms with Crippen LogP contribution in [0.1, 0.15) is 53.9 Å². The van der Waals surface area contributed by atoms with Crippen LogP contribution in [0.5, 0.6) is 0 Å². The second kappa shape index (κ2) is 7.56. The number of rotatable bonds is 6. The summed E-state index contributed by atoms with van der Waals surface area (Å²) >= 11 is 0. The van der Waals surface area contributed by atoms with Crippen molar-refractivity contribution in [2.24, 2.45) is 0 Å². The minimum atomic E-state index is 0.124. The molecule has 0 heterocycles. The molecule has 0 aromatic carbocycles. The summed E-state index contributed by atoms with van der Waals surface area (Å²) < 4.78 is 0. The highest BCUT2D eigenvalue weighted by Crippen LogP contribution is 2.47. The molecule has 0 fully saturated rings. The molecule has 0 bridgehead atoms. The average molecular weight is 200 g/mol. The fourth-order valence-electron chi connectivity index (χ4n) is 1.46. The van der Waals surface area contributed by atoms with E-state index < -0.39 is 0 Å². The Morgan fingerprint density at radius 2 is 1.62 bits per heavy atom. The van der Waals surface area contributed by atoms with Crippen molar-refractivity contribution in [1.82, 2.24) is 0 Å². The van der Waals surface area contributed by atoms with E-state index in [4.69, 9.17) is 0 Å². The van der Waals surface area contributed by atoms with E-state index in [1.165, 1.54) is 19.3 Å². The third-order valence-corrected chi connectivity index (χ3v) is 5.13. The maximum atomic E-state index is 2.49. The molecule has 0 unspecified atom stereocenters. The lowest BCUT2D eigenvalue weighted by Crippen LogP contribution is -2.00. The molecule has 0 saturated carbocycles. The molecule has 0 atom stereocenters. The lowest BCUT2D eigenvalue weighted by molar-refractivity contribution is 0.815. The Bertz CT molecular complexity index is 128. The molecule has 0 amide bonds. The standard InChI is InChI=1S/C12H25P/c1-6-7-8-9-10-13(11(2)3)12(4)5/h9-12H,6-8H2,1-5H3/b10-9+. The normalized spacial score (nSPS) is 12.6. The molecule has 0 aromatic heterocycles. The summed E-state index contributed by atoms with van der Waals surface area (Å²) in [5, 5.41) is 0. The Labute approximate surface area is 85.6 Å². The zero-order valence-electron chi connectivity index (χ0n) is 9.88. The van der Waals surface area contributed by atoms with Crippen molar-refractivity contribution < 1.29 is 0 Å². The summed E-state index contributed by atoms with van der Waals surface area (Å²) in [6, 6.07) is 0. The molecule has 0 aliphatic heterocycles. The summed E-state index contributed by atoms with van der Waals surface area (Å²) in [5.74, 6) is 2.49. The van der Waals surface area contributed by atoms with Crippen LogP contribution in [0, 0.1) is 0 Å². The van der Waals surface area contributed by atoms with Gasteiger partial charge in [0.25, 0.3) is 0 Å². The predicted molar refractivity (Wildman–Crippen MR) is 65.9 cm³/mol. The van der Waals surface area contributed by atoms with Crippen LogP contribution in [0.25, 0.3) is 0 Å². The molecule has 0 spiro atoms. The molecule has 0 aliphatic rings. The Balaban J connectivity index is 3.87. The summed E-state index contributed by atoms with van der Waals surface area (Å²) in [6.07, 6.45) is 6.32. The van der Waals surface area contributed by atoms with Crippen molar-refractivity contribution in [2.75, 3.05) is 0 Å². The Morgan fingerprint density at radius 3 is 2.00 bits per heavy atom. The van der Waals surface area contributed by atoms with E-state index in [1.54, 1.807) is 0 Å². The number of hydrogen-bond donors (Lipinski definition) is 0. The average Bonchev–Trinajstić information content (AvgIpc) is 2.02. The molecule has 0 aromatic rings. The van der Waals surface area contributed by atoms with Crippen molar-refractivity contribution in [3.05, 3.63) is 11.9 Å². The van der Waals surface area contributed by atoms with Gasteiger partial charge in [-0.3, -0.25) is 0 Å². The van der Waals surface area contributed by atoms with E-state index in [2.05, 4.69) is 46.5 Å². The van der Waals surface area contributed by atoms with E-state index in [-0.39, 0.29) is 7.92 Å². The van der Waals surface area contributed by atoms with Gasteiger partial charge in [-0.1, -0.05) is 67.3 Å². The van der Waals surface area contributed by atoms with E-state index in [0.29, 0.717) is 0 Å². The van der Waals surface area contributed by atoms with Crippen molar-refractivity contribution in [1.29, 1.82) is 0 Å². The molecule has 1 heteroatoms. The van der Waals surface area contributed by atoms with Gasteiger partial charge in [0, 0.05) is 0 Å². The van der Waals surface area contributed by atoms with Gasteiger partial charge in [-0.2, -0.15) is 0 Å². The van der Waals surface area contributed by atoms with Crippen molar-refractivity contribution in [2.45, 2.75) is 65.2 Å². The first-order chi connectivity index (χ1) is 6.09. The second-order valence-electron chi connectivity index (χ2n) is 4.16. The summed E-state index contributed by atoms with van der Waals surface area (Å²) in [6.45, 7) is 11.6. The first kappa shape index (κ1) is 13.2.